The topological polar surface area (TPSA) is 62.4 Å². The predicted molar refractivity (Wildman–Crippen MR) is 50.6 cm³/mol. The lowest BCUT2D eigenvalue weighted by atomic mass is 9.80. The minimum absolute atomic E-state index is 0.480. The van der Waals surface area contributed by atoms with Gasteiger partial charge in [-0.15, -0.1) is 0 Å². The van der Waals surface area contributed by atoms with Crippen molar-refractivity contribution in [3.63, 3.8) is 0 Å². The fourth-order valence-corrected chi connectivity index (χ4v) is 1.44. The monoisotopic (exact) mass is 170 g/mol. The van der Waals surface area contributed by atoms with Crippen LogP contribution in [-0.2, 0) is 0 Å². The Labute approximate surface area is 73.6 Å². The van der Waals surface area contributed by atoms with Crippen LogP contribution in [-0.4, -0.2) is 19.0 Å². The highest BCUT2D eigenvalue weighted by Crippen LogP contribution is 2.29. The molecule has 4 nitrogen and oxygen atoms in total. The summed E-state index contributed by atoms with van der Waals surface area (Å²) in [4.78, 5) is 3.96. The van der Waals surface area contributed by atoms with E-state index in [1.165, 1.54) is 19.3 Å². The van der Waals surface area contributed by atoms with Crippen molar-refractivity contribution in [3.05, 3.63) is 0 Å². The first-order valence-electron chi connectivity index (χ1n) is 4.48. The fourth-order valence-electron chi connectivity index (χ4n) is 1.44. The number of hydrogen-bond donors (Lipinski definition) is 3. The molecule has 1 rings (SSSR count). The molecule has 0 saturated heterocycles. The summed E-state index contributed by atoms with van der Waals surface area (Å²) < 4.78 is 0. The van der Waals surface area contributed by atoms with E-state index in [-0.39, 0.29) is 0 Å². The molecule has 0 aliphatic heterocycles. The van der Waals surface area contributed by atoms with Crippen LogP contribution < -0.4 is 16.6 Å². The molecular formula is C8H18N4. The third-order valence-electron chi connectivity index (χ3n) is 2.58. The van der Waals surface area contributed by atoms with Crippen LogP contribution in [0.25, 0.3) is 0 Å². The van der Waals surface area contributed by atoms with E-state index >= 15 is 0 Å². The molecule has 1 saturated carbocycles. The molecule has 1 aliphatic carbocycles. The van der Waals surface area contributed by atoms with Gasteiger partial charge in [0.2, 0.25) is 5.96 Å². The van der Waals surface area contributed by atoms with Crippen LogP contribution in [0.1, 0.15) is 26.2 Å². The van der Waals surface area contributed by atoms with E-state index in [0.717, 1.165) is 5.92 Å². The molecule has 0 amide bonds. The minimum atomic E-state index is 0.480. The van der Waals surface area contributed by atoms with Gasteiger partial charge in [0.25, 0.3) is 0 Å². The zero-order valence-electron chi connectivity index (χ0n) is 7.80. The Hall–Kier alpha value is -0.770. The van der Waals surface area contributed by atoms with Crippen molar-refractivity contribution in [2.45, 2.75) is 32.2 Å². The maximum atomic E-state index is 5.25. The molecule has 0 aromatic rings. The smallest absolute Gasteiger partial charge is 0.205 e. The van der Waals surface area contributed by atoms with E-state index in [1.807, 2.05) is 0 Å². The summed E-state index contributed by atoms with van der Waals surface area (Å²) in [5.74, 6) is 6.72. The lowest BCUT2D eigenvalue weighted by Gasteiger charge is -2.32. The quantitative estimate of drug-likeness (QED) is 0.240. The van der Waals surface area contributed by atoms with Gasteiger partial charge in [-0.2, -0.15) is 0 Å². The van der Waals surface area contributed by atoms with Crippen molar-refractivity contribution in [2.24, 2.45) is 16.8 Å². The maximum absolute atomic E-state index is 5.25. The summed E-state index contributed by atoms with van der Waals surface area (Å²) in [5.41, 5.74) is 2.52. The Bertz CT molecular complexity index is 162. The number of nitrogens with two attached hydrogens (primary N) is 1. The fraction of sp³-hybridized carbons (Fsp3) is 0.875. The summed E-state index contributed by atoms with van der Waals surface area (Å²) in [6, 6.07) is 0.480. The molecule has 0 radical (unpaired) electrons. The molecule has 0 aromatic heterocycles. The standard InChI is InChI=1S/C8H18N4/c1-6(7-4-3-5-7)11-8(10-2)12-9/h6-7H,3-5,9H2,1-2H3,(H2,10,11,12). The Kier molecular flexibility index (Phi) is 3.34. The number of nitrogens with zero attached hydrogens (tertiary/aromatic N) is 1. The van der Waals surface area contributed by atoms with Crippen molar-refractivity contribution in [1.82, 2.24) is 10.7 Å². The minimum Gasteiger partial charge on any atom is -0.353 e. The summed E-state index contributed by atoms with van der Waals surface area (Å²) >= 11 is 0. The van der Waals surface area contributed by atoms with Crippen LogP contribution in [0.15, 0.2) is 4.99 Å². The second-order valence-corrected chi connectivity index (χ2v) is 3.34. The van der Waals surface area contributed by atoms with E-state index in [9.17, 15) is 0 Å². The van der Waals surface area contributed by atoms with Gasteiger partial charge in [-0.3, -0.25) is 10.4 Å². The molecule has 0 heterocycles. The number of rotatable bonds is 2. The summed E-state index contributed by atoms with van der Waals surface area (Å²) in [6.45, 7) is 2.17. The van der Waals surface area contributed by atoms with E-state index in [1.54, 1.807) is 7.05 Å². The second kappa shape index (κ2) is 4.30. The van der Waals surface area contributed by atoms with Crippen LogP contribution >= 0.6 is 0 Å². The molecular weight excluding hydrogens is 152 g/mol. The van der Waals surface area contributed by atoms with Crippen LogP contribution in [0.3, 0.4) is 0 Å². The van der Waals surface area contributed by atoms with Gasteiger partial charge >= 0.3 is 0 Å². The molecule has 70 valence electrons. The van der Waals surface area contributed by atoms with Crippen LogP contribution in [0.5, 0.6) is 0 Å². The first-order valence-corrected chi connectivity index (χ1v) is 4.48. The summed E-state index contributed by atoms with van der Waals surface area (Å²) in [7, 11) is 1.72. The Morgan fingerprint density at radius 3 is 2.58 bits per heavy atom. The first kappa shape index (κ1) is 9.32. The van der Waals surface area contributed by atoms with Gasteiger partial charge in [-0.25, -0.2) is 5.84 Å². The van der Waals surface area contributed by atoms with Crippen LogP contribution in [0.4, 0.5) is 0 Å². The average molecular weight is 170 g/mol. The van der Waals surface area contributed by atoms with Crippen molar-refractivity contribution in [1.29, 1.82) is 0 Å². The van der Waals surface area contributed by atoms with E-state index in [2.05, 4.69) is 22.7 Å². The van der Waals surface area contributed by atoms with Gasteiger partial charge in [0.1, 0.15) is 0 Å². The highest BCUT2D eigenvalue weighted by molar-refractivity contribution is 5.79. The Morgan fingerprint density at radius 2 is 2.25 bits per heavy atom. The largest absolute Gasteiger partial charge is 0.353 e. The number of hydrogen-bond acceptors (Lipinski definition) is 2. The van der Waals surface area contributed by atoms with Gasteiger partial charge in [-0.05, 0) is 25.7 Å². The number of hydrazine groups is 1. The van der Waals surface area contributed by atoms with Crippen molar-refractivity contribution < 1.29 is 0 Å². The molecule has 1 atom stereocenters. The molecule has 0 aromatic carbocycles. The average Bonchev–Trinajstić information content (AvgIpc) is 1.96. The third kappa shape index (κ3) is 2.11. The highest BCUT2D eigenvalue weighted by Gasteiger charge is 2.24. The van der Waals surface area contributed by atoms with E-state index in [4.69, 9.17) is 5.84 Å². The van der Waals surface area contributed by atoms with E-state index < -0.39 is 0 Å². The van der Waals surface area contributed by atoms with Crippen molar-refractivity contribution in [2.75, 3.05) is 7.05 Å². The Morgan fingerprint density at radius 1 is 1.58 bits per heavy atom. The number of nitrogens with one attached hydrogen (secondary N) is 2. The van der Waals surface area contributed by atoms with Crippen molar-refractivity contribution in [3.8, 4) is 0 Å². The molecule has 4 heteroatoms. The van der Waals surface area contributed by atoms with E-state index in [0.29, 0.717) is 12.0 Å². The first-order chi connectivity index (χ1) is 5.77. The molecule has 12 heavy (non-hydrogen) atoms. The lowest BCUT2D eigenvalue weighted by Crippen LogP contribution is -2.48. The van der Waals surface area contributed by atoms with Gasteiger partial charge in [-0.1, -0.05) is 6.42 Å². The van der Waals surface area contributed by atoms with Crippen LogP contribution in [0, 0.1) is 5.92 Å². The normalized spacial score (nSPS) is 21.4. The summed E-state index contributed by atoms with van der Waals surface area (Å²) in [5, 5.41) is 3.23. The van der Waals surface area contributed by atoms with Crippen molar-refractivity contribution >= 4 is 5.96 Å². The molecule has 1 unspecified atom stereocenters. The third-order valence-corrected chi connectivity index (χ3v) is 2.58. The molecule has 4 N–H and O–H groups in total. The Balaban J connectivity index is 2.28. The molecule has 1 fully saturated rings. The number of aliphatic imine (C=N–C) groups is 1. The second-order valence-electron chi connectivity index (χ2n) is 3.34. The van der Waals surface area contributed by atoms with Gasteiger partial charge in [0, 0.05) is 13.1 Å². The zero-order chi connectivity index (χ0) is 8.97. The van der Waals surface area contributed by atoms with Gasteiger partial charge in [0.05, 0.1) is 0 Å². The SMILES string of the molecule is CN=C(NN)NC(C)C1CCC1. The lowest BCUT2D eigenvalue weighted by molar-refractivity contribution is 0.258. The highest BCUT2D eigenvalue weighted by atomic mass is 15.3. The number of guanidine groups is 1. The van der Waals surface area contributed by atoms with Gasteiger partial charge < -0.3 is 5.32 Å². The summed E-state index contributed by atoms with van der Waals surface area (Å²) in [6.07, 6.45) is 4.02. The van der Waals surface area contributed by atoms with Gasteiger partial charge in [0.15, 0.2) is 0 Å². The maximum Gasteiger partial charge on any atom is 0.205 e. The predicted octanol–water partition coefficient (Wildman–Crippen LogP) is 0.214. The molecule has 0 spiro atoms. The van der Waals surface area contributed by atoms with Crippen LogP contribution in [0.2, 0.25) is 0 Å². The zero-order valence-corrected chi connectivity index (χ0v) is 7.80. The molecule has 1 aliphatic rings. The molecule has 0 bridgehead atoms.